The number of aldehydes is 1. The van der Waals surface area contributed by atoms with Gasteiger partial charge in [-0.2, -0.15) is 0 Å². The van der Waals surface area contributed by atoms with Crippen molar-refractivity contribution in [3.8, 4) is 0 Å². The van der Waals surface area contributed by atoms with Crippen LogP contribution in [0.4, 0.5) is 0 Å². The van der Waals surface area contributed by atoms with Gasteiger partial charge in [-0.3, -0.25) is 14.4 Å². The Kier molecular flexibility index (Phi) is 6.84. The van der Waals surface area contributed by atoms with Crippen LogP contribution in [0.1, 0.15) is 93.4 Å². The Labute approximate surface area is 215 Å². The van der Waals surface area contributed by atoms with Crippen molar-refractivity contribution in [3.05, 3.63) is 11.6 Å². The second-order valence-electron chi connectivity index (χ2n) is 13.3. The molecule has 8 atom stereocenters. The molecule has 0 aromatic carbocycles. The van der Waals surface area contributed by atoms with Gasteiger partial charge in [0, 0.05) is 30.3 Å². The molecular formula is C30H44O6. The van der Waals surface area contributed by atoms with E-state index in [2.05, 4.69) is 27.7 Å². The molecule has 0 N–H and O–H groups in total. The molecule has 0 radical (unpaired) electrons. The number of carbonyl (C=O) groups excluding carboxylic acids is 4. The molecule has 0 bridgehead atoms. The fraction of sp³-hybridized carbons (Fsp3) is 0.800. The first-order valence-electron chi connectivity index (χ1n) is 13.7. The summed E-state index contributed by atoms with van der Waals surface area (Å²) in [7, 11) is 0. The highest BCUT2D eigenvalue weighted by molar-refractivity contribution is 5.97. The fourth-order valence-electron chi connectivity index (χ4n) is 9.82. The molecule has 0 aliphatic heterocycles. The summed E-state index contributed by atoms with van der Waals surface area (Å²) >= 11 is 0. The molecule has 4 rings (SSSR count). The Balaban J connectivity index is 1.89. The van der Waals surface area contributed by atoms with E-state index in [1.165, 1.54) is 20.8 Å². The maximum atomic E-state index is 12.6. The fourth-order valence-corrected chi connectivity index (χ4v) is 9.82. The maximum absolute atomic E-state index is 12.6. The minimum Gasteiger partial charge on any atom is -0.465 e. The van der Waals surface area contributed by atoms with Gasteiger partial charge in [-0.15, -0.1) is 0 Å². The van der Waals surface area contributed by atoms with Crippen LogP contribution in [-0.4, -0.2) is 36.7 Å². The van der Waals surface area contributed by atoms with Crippen molar-refractivity contribution >= 4 is 24.0 Å². The molecule has 0 saturated heterocycles. The Hall–Kier alpha value is -1.98. The summed E-state index contributed by atoms with van der Waals surface area (Å²) in [5.74, 6) is -0.699. The molecule has 200 valence electrons. The second kappa shape index (κ2) is 9.09. The van der Waals surface area contributed by atoms with Crippen LogP contribution in [0, 0.1) is 45.3 Å². The Morgan fingerprint density at radius 3 is 2.25 bits per heavy atom. The largest absolute Gasteiger partial charge is 0.465 e. The van der Waals surface area contributed by atoms with Gasteiger partial charge in [-0.1, -0.05) is 40.2 Å². The van der Waals surface area contributed by atoms with Crippen molar-refractivity contribution in [1.29, 1.82) is 0 Å². The number of hydrogen-bond donors (Lipinski definition) is 0. The lowest BCUT2D eigenvalue weighted by Crippen LogP contribution is -2.68. The highest BCUT2D eigenvalue weighted by atomic mass is 16.5. The number of hydrogen-bond acceptors (Lipinski definition) is 6. The van der Waals surface area contributed by atoms with Crippen LogP contribution >= 0.6 is 0 Å². The molecule has 0 spiro atoms. The third-order valence-electron chi connectivity index (χ3n) is 11.2. The molecule has 3 fully saturated rings. The number of esters is 2. The van der Waals surface area contributed by atoms with Gasteiger partial charge in [0.15, 0.2) is 5.78 Å². The van der Waals surface area contributed by atoms with E-state index < -0.39 is 17.4 Å². The number of Topliss-reactive ketones (excluding diaryl/α,β-unsaturated/α-hetero) is 1. The van der Waals surface area contributed by atoms with E-state index in [4.69, 9.17) is 9.47 Å². The lowest BCUT2D eigenvalue weighted by Gasteiger charge is -2.70. The number of ether oxygens (including phenoxy) is 2. The van der Waals surface area contributed by atoms with Crippen LogP contribution in [0.25, 0.3) is 0 Å². The van der Waals surface area contributed by atoms with Crippen molar-refractivity contribution in [2.45, 2.75) is 99.5 Å². The van der Waals surface area contributed by atoms with Gasteiger partial charge in [-0.05, 0) is 74.0 Å². The van der Waals surface area contributed by atoms with E-state index in [0.29, 0.717) is 30.9 Å². The van der Waals surface area contributed by atoms with E-state index in [1.54, 1.807) is 0 Å². The van der Waals surface area contributed by atoms with Crippen molar-refractivity contribution in [1.82, 2.24) is 0 Å². The Morgan fingerprint density at radius 1 is 0.972 bits per heavy atom. The second-order valence-corrected chi connectivity index (χ2v) is 13.3. The summed E-state index contributed by atoms with van der Waals surface area (Å²) < 4.78 is 11.9. The minimum atomic E-state index is -0.673. The molecule has 4 aliphatic rings. The summed E-state index contributed by atoms with van der Waals surface area (Å²) in [5.41, 5.74) is -0.354. The predicted molar refractivity (Wildman–Crippen MR) is 136 cm³/mol. The first kappa shape index (κ1) is 27.1. The quantitative estimate of drug-likeness (QED) is 0.367. The zero-order valence-corrected chi connectivity index (χ0v) is 23.1. The Bertz CT molecular complexity index is 980. The molecule has 4 aliphatic carbocycles. The van der Waals surface area contributed by atoms with Gasteiger partial charge >= 0.3 is 11.9 Å². The van der Waals surface area contributed by atoms with Crippen molar-refractivity contribution in [3.63, 3.8) is 0 Å². The summed E-state index contributed by atoms with van der Waals surface area (Å²) in [6, 6.07) is 0. The summed E-state index contributed by atoms with van der Waals surface area (Å²) in [5, 5.41) is 0. The van der Waals surface area contributed by atoms with E-state index >= 15 is 0 Å². The monoisotopic (exact) mass is 500 g/mol. The van der Waals surface area contributed by atoms with Crippen molar-refractivity contribution < 1.29 is 28.7 Å². The minimum absolute atomic E-state index is 0.0617. The van der Waals surface area contributed by atoms with E-state index in [9.17, 15) is 19.2 Å². The average molecular weight is 501 g/mol. The van der Waals surface area contributed by atoms with Crippen molar-refractivity contribution in [2.75, 3.05) is 6.61 Å². The van der Waals surface area contributed by atoms with E-state index in [-0.39, 0.29) is 45.8 Å². The highest BCUT2D eigenvalue weighted by Crippen LogP contribution is 2.73. The Morgan fingerprint density at radius 2 is 1.67 bits per heavy atom. The highest BCUT2D eigenvalue weighted by Gasteiger charge is 2.70. The van der Waals surface area contributed by atoms with Gasteiger partial charge in [0.05, 0.1) is 12.5 Å². The van der Waals surface area contributed by atoms with Crippen LogP contribution in [-0.2, 0) is 28.7 Å². The van der Waals surface area contributed by atoms with E-state index in [0.717, 1.165) is 38.4 Å². The summed E-state index contributed by atoms with van der Waals surface area (Å²) in [6.45, 7) is 13.9. The molecule has 6 heteroatoms. The lowest BCUT2D eigenvalue weighted by molar-refractivity contribution is -0.251. The standard InChI is InChI=1S/C30H44O6/c1-18(32)21-9-10-24-28(6)14-11-23-27(4,5)12-8-13-30(23,17-35-19(2)33)25(28)15-26(36-20(3)34)29(24,7)22(21)16-31/h9,16,22-26H,8,10-15,17H2,1-7H3/t22-,23-,24-,25-,26-,28-,29+,30+/m0/s1. The van der Waals surface area contributed by atoms with Gasteiger partial charge < -0.3 is 14.3 Å². The van der Waals surface area contributed by atoms with Crippen LogP contribution in [0.15, 0.2) is 11.6 Å². The molecule has 0 amide bonds. The maximum Gasteiger partial charge on any atom is 0.302 e. The predicted octanol–water partition coefficient (Wildman–Crippen LogP) is 5.47. The normalized spacial score (nSPS) is 43.1. The smallest absolute Gasteiger partial charge is 0.302 e. The SMILES string of the molecule is CC(=O)OC[C@]12CCCC(C)(C)[C@@H]1CC[C@]1(C)[C@@H]2C[C@H](OC(C)=O)[C@]2(C)[C@@H](C=O)C(C(C)=O)=CC[C@@H]12. The van der Waals surface area contributed by atoms with Crippen LogP contribution in [0.2, 0.25) is 0 Å². The number of allylic oxidation sites excluding steroid dienone is 2. The zero-order valence-electron chi connectivity index (χ0n) is 23.1. The molecule has 0 heterocycles. The van der Waals surface area contributed by atoms with Gasteiger partial charge in [-0.25, -0.2) is 0 Å². The molecule has 0 aromatic heterocycles. The number of rotatable bonds is 5. The number of carbonyl (C=O) groups is 4. The van der Waals surface area contributed by atoms with Gasteiger partial charge in [0.1, 0.15) is 12.4 Å². The molecule has 0 aromatic rings. The topological polar surface area (TPSA) is 86.7 Å². The molecule has 0 unspecified atom stereocenters. The lowest BCUT2D eigenvalue weighted by atomic mass is 9.34. The van der Waals surface area contributed by atoms with Crippen LogP contribution < -0.4 is 0 Å². The van der Waals surface area contributed by atoms with E-state index in [1.807, 2.05) is 6.08 Å². The van der Waals surface area contributed by atoms with Crippen LogP contribution in [0.5, 0.6) is 0 Å². The molecule has 3 saturated carbocycles. The third-order valence-corrected chi connectivity index (χ3v) is 11.2. The van der Waals surface area contributed by atoms with Gasteiger partial charge in [0.25, 0.3) is 0 Å². The average Bonchev–Trinajstić information content (AvgIpc) is 2.77. The first-order chi connectivity index (χ1) is 16.7. The summed E-state index contributed by atoms with van der Waals surface area (Å²) in [4.78, 5) is 49.6. The van der Waals surface area contributed by atoms with Crippen LogP contribution in [0.3, 0.4) is 0 Å². The number of ketones is 1. The third kappa shape index (κ3) is 3.89. The number of fused-ring (bicyclic) bond motifs is 5. The molecule has 36 heavy (non-hydrogen) atoms. The zero-order chi connectivity index (χ0) is 26.7. The first-order valence-corrected chi connectivity index (χ1v) is 13.7. The van der Waals surface area contributed by atoms with Gasteiger partial charge in [0.2, 0.25) is 0 Å². The van der Waals surface area contributed by atoms with Crippen molar-refractivity contribution in [2.24, 2.45) is 45.3 Å². The molecule has 6 nitrogen and oxygen atoms in total. The molecular weight excluding hydrogens is 456 g/mol. The summed E-state index contributed by atoms with van der Waals surface area (Å²) in [6.07, 6.45) is 8.94.